The molecule has 0 spiro atoms. The molecule has 1 rings (SSSR count). The number of ether oxygens (including phenoxy) is 1. The van der Waals surface area contributed by atoms with Crippen molar-refractivity contribution < 1.29 is 9.53 Å². The van der Waals surface area contributed by atoms with E-state index in [1.165, 1.54) is 13.3 Å². The molecule has 0 aliphatic carbocycles. The minimum absolute atomic E-state index is 0.188. The summed E-state index contributed by atoms with van der Waals surface area (Å²) in [7, 11) is 3.14. The SMILES string of the molecule is C#CCCN(C)c1cncc(C(=O)OC)n1. The van der Waals surface area contributed by atoms with Crippen LogP contribution in [0.25, 0.3) is 0 Å². The molecule has 0 amide bonds. The standard InChI is InChI=1S/C11H13N3O2/c1-4-5-6-14(2)10-8-12-7-9(13-10)11(15)16-3/h1,7-8H,5-6H2,2-3H3. The van der Waals surface area contributed by atoms with Gasteiger partial charge in [-0.25, -0.2) is 9.78 Å². The number of hydrogen-bond acceptors (Lipinski definition) is 5. The molecule has 16 heavy (non-hydrogen) atoms. The number of rotatable bonds is 4. The summed E-state index contributed by atoms with van der Waals surface area (Å²) in [6, 6.07) is 0. The van der Waals surface area contributed by atoms with Crippen molar-refractivity contribution in [1.82, 2.24) is 9.97 Å². The average Bonchev–Trinajstić information content (AvgIpc) is 2.35. The predicted molar refractivity (Wildman–Crippen MR) is 60.1 cm³/mol. The number of aromatic nitrogens is 2. The summed E-state index contributed by atoms with van der Waals surface area (Å²) >= 11 is 0. The van der Waals surface area contributed by atoms with Crippen molar-refractivity contribution in [1.29, 1.82) is 0 Å². The van der Waals surface area contributed by atoms with Crippen LogP contribution in [0.3, 0.4) is 0 Å². The molecule has 84 valence electrons. The van der Waals surface area contributed by atoms with E-state index in [0.717, 1.165) is 0 Å². The number of hydrogen-bond donors (Lipinski definition) is 0. The van der Waals surface area contributed by atoms with Crippen LogP contribution in [-0.2, 0) is 4.74 Å². The van der Waals surface area contributed by atoms with Crippen LogP contribution in [0.1, 0.15) is 16.9 Å². The van der Waals surface area contributed by atoms with Crippen molar-refractivity contribution >= 4 is 11.8 Å². The molecule has 1 aromatic rings. The molecule has 0 aliphatic heterocycles. The van der Waals surface area contributed by atoms with Crippen LogP contribution in [0.2, 0.25) is 0 Å². The Morgan fingerprint density at radius 1 is 1.62 bits per heavy atom. The van der Waals surface area contributed by atoms with Crippen LogP contribution in [0.15, 0.2) is 12.4 Å². The Labute approximate surface area is 94.5 Å². The maximum absolute atomic E-state index is 11.2. The molecule has 1 heterocycles. The van der Waals surface area contributed by atoms with E-state index in [1.807, 2.05) is 11.9 Å². The second kappa shape index (κ2) is 5.71. The number of carbonyl (C=O) groups excluding carboxylic acids is 1. The van der Waals surface area contributed by atoms with E-state index in [0.29, 0.717) is 18.8 Å². The molecule has 5 heteroatoms. The first-order valence-electron chi connectivity index (χ1n) is 4.74. The lowest BCUT2D eigenvalue weighted by Gasteiger charge is -2.16. The van der Waals surface area contributed by atoms with E-state index < -0.39 is 5.97 Å². The van der Waals surface area contributed by atoms with Crippen molar-refractivity contribution in [3.63, 3.8) is 0 Å². The number of anilines is 1. The van der Waals surface area contributed by atoms with Crippen LogP contribution >= 0.6 is 0 Å². The summed E-state index contributed by atoms with van der Waals surface area (Å²) in [6.45, 7) is 0.663. The van der Waals surface area contributed by atoms with Gasteiger partial charge in [0.2, 0.25) is 0 Å². The topological polar surface area (TPSA) is 55.3 Å². The van der Waals surface area contributed by atoms with Crippen molar-refractivity contribution in [2.45, 2.75) is 6.42 Å². The third-order valence-electron chi connectivity index (χ3n) is 2.00. The Kier molecular flexibility index (Phi) is 4.28. The lowest BCUT2D eigenvalue weighted by molar-refractivity contribution is 0.0593. The summed E-state index contributed by atoms with van der Waals surface area (Å²) < 4.78 is 4.56. The largest absolute Gasteiger partial charge is 0.464 e. The van der Waals surface area contributed by atoms with E-state index in [-0.39, 0.29) is 5.69 Å². The Morgan fingerprint density at radius 3 is 3.00 bits per heavy atom. The molecule has 0 atom stereocenters. The third-order valence-corrected chi connectivity index (χ3v) is 2.00. The van der Waals surface area contributed by atoms with Gasteiger partial charge in [0.15, 0.2) is 5.69 Å². The van der Waals surface area contributed by atoms with Gasteiger partial charge in [0.25, 0.3) is 0 Å². The molecule has 1 aromatic heterocycles. The Balaban J connectivity index is 2.82. The number of esters is 1. The van der Waals surface area contributed by atoms with Crippen molar-refractivity contribution in [2.24, 2.45) is 0 Å². The molecule has 0 saturated heterocycles. The van der Waals surface area contributed by atoms with Crippen LogP contribution in [0.5, 0.6) is 0 Å². The van der Waals surface area contributed by atoms with Gasteiger partial charge in [0.1, 0.15) is 5.82 Å². The fraction of sp³-hybridized carbons (Fsp3) is 0.364. The zero-order chi connectivity index (χ0) is 12.0. The van der Waals surface area contributed by atoms with E-state index in [9.17, 15) is 4.79 Å². The average molecular weight is 219 g/mol. The number of carbonyl (C=O) groups is 1. The molecule has 0 aromatic carbocycles. The Bertz CT molecular complexity index is 412. The first kappa shape index (κ1) is 12.0. The van der Waals surface area contributed by atoms with Gasteiger partial charge in [0.05, 0.1) is 19.5 Å². The van der Waals surface area contributed by atoms with Crippen LogP contribution in [0, 0.1) is 12.3 Å². The normalized spacial score (nSPS) is 9.31. The summed E-state index contributed by atoms with van der Waals surface area (Å²) in [5.74, 6) is 2.63. The van der Waals surface area contributed by atoms with Crippen molar-refractivity contribution in [2.75, 3.05) is 25.6 Å². The van der Waals surface area contributed by atoms with E-state index in [4.69, 9.17) is 6.42 Å². The summed E-state index contributed by atoms with van der Waals surface area (Å²) in [4.78, 5) is 21.1. The Morgan fingerprint density at radius 2 is 2.38 bits per heavy atom. The number of terminal acetylenes is 1. The quantitative estimate of drug-likeness (QED) is 0.551. The molecule has 5 nitrogen and oxygen atoms in total. The zero-order valence-corrected chi connectivity index (χ0v) is 9.30. The summed E-state index contributed by atoms with van der Waals surface area (Å²) in [5, 5.41) is 0. The lowest BCUT2D eigenvalue weighted by Crippen LogP contribution is -2.20. The monoisotopic (exact) mass is 219 g/mol. The first-order chi connectivity index (χ1) is 7.69. The smallest absolute Gasteiger partial charge is 0.358 e. The fourth-order valence-electron chi connectivity index (χ4n) is 1.09. The van der Waals surface area contributed by atoms with Gasteiger partial charge in [-0.3, -0.25) is 4.98 Å². The lowest BCUT2D eigenvalue weighted by atomic mass is 10.4. The number of nitrogens with zero attached hydrogens (tertiary/aromatic N) is 3. The fourth-order valence-corrected chi connectivity index (χ4v) is 1.09. The van der Waals surface area contributed by atoms with Gasteiger partial charge in [-0.15, -0.1) is 12.3 Å². The molecule has 0 radical (unpaired) electrons. The van der Waals surface area contributed by atoms with Crippen molar-refractivity contribution in [3.8, 4) is 12.3 Å². The van der Waals surface area contributed by atoms with Gasteiger partial charge >= 0.3 is 5.97 Å². The zero-order valence-electron chi connectivity index (χ0n) is 9.30. The van der Waals surface area contributed by atoms with E-state index in [1.54, 1.807) is 6.20 Å². The minimum Gasteiger partial charge on any atom is -0.464 e. The van der Waals surface area contributed by atoms with Crippen LogP contribution in [0.4, 0.5) is 5.82 Å². The summed E-state index contributed by atoms with van der Waals surface area (Å²) in [5.41, 5.74) is 0.188. The highest BCUT2D eigenvalue weighted by Crippen LogP contribution is 2.08. The molecular formula is C11H13N3O2. The van der Waals surface area contributed by atoms with Gasteiger partial charge in [-0.05, 0) is 0 Å². The van der Waals surface area contributed by atoms with E-state index in [2.05, 4.69) is 20.6 Å². The minimum atomic E-state index is -0.500. The number of methoxy groups -OCH3 is 1. The van der Waals surface area contributed by atoms with Crippen LogP contribution < -0.4 is 4.90 Å². The second-order valence-electron chi connectivity index (χ2n) is 3.13. The molecular weight excluding hydrogens is 206 g/mol. The highest BCUT2D eigenvalue weighted by molar-refractivity contribution is 5.87. The highest BCUT2D eigenvalue weighted by Gasteiger charge is 2.10. The maximum Gasteiger partial charge on any atom is 0.358 e. The van der Waals surface area contributed by atoms with Gasteiger partial charge in [0, 0.05) is 20.0 Å². The summed E-state index contributed by atoms with van der Waals surface area (Å²) in [6.07, 6.45) is 8.72. The van der Waals surface area contributed by atoms with E-state index >= 15 is 0 Å². The molecule has 0 saturated carbocycles. The molecule has 0 aliphatic rings. The van der Waals surface area contributed by atoms with Gasteiger partial charge < -0.3 is 9.64 Å². The second-order valence-corrected chi connectivity index (χ2v) is 3.13. The Hall–Kier alpha value is -2.09. The molecule has 0 fully saturated rings. The van der Waals surface area contributed by atoms with Gasteiger partial charge in [-0.2, -0.15) is 0 Å². The maximum atomic E-state index is 11.2. The van der Waals surface area contributed by atoms with Gasteiger partial charge in [-0.1, -0.05) is 0 Å². The predicted octanol–water partition coefficient (Wildman–Crippen LogP) is 0.723. The molecule has 0 N–H and O–H groups in total. The first-order valence-corrected chi connectivity index (χ1v) is 4.74. The van der Waals surface area contributed by atoms with Crippen LogP contribution in [-0.4, -0.2) is 36.6 Å². The van der Waals surface area contributed by atoms with Crippen molar-refractivity contribution in [3.05, 3.63) is 18.1 Å². The third kappa shape index (κ3) is 2.95. The molecule has 0 unspecified atom stereocenters. The molecule has 0 bridgehead atoms. The highest BCUT2D eigenvalue weighted by atomic mass is 16.5.